The average Bonchev–Trinajstić information content (AvgIpc) is 2.09. The van der Waals surface area contributed by atoms with E-state index < -0.39 is 11.2 Å². The predicted octanol–water partition coefficient (Wildman–Crippen LogP) is -1.35. The van der Waals surface area contributed by atoms with Crippen molar-refractivity contribution in [2.24, 2.45) is 7.05 Å². The molecule has 0 unspecified atom stereocenters. The van der Waals surface area contributed by atoms with Crippen LogP contribution in [-0.4, -0.2) is 9.13 Å². The molecule has 0 bridgehead atoms. The van der Waals surface area contributed by atoms with Crippen molar-refractivity contribution in [3.8, 4) is 6.07 Å². The number of nitriles is 1. The fraction of sp³-hybridized carbons (Fsp3) is 0.286. The van der Waals surface area contributed by atoms with Crippen molar-refractivity contribution >= 4 is 5.69 Å². The minimum absolute atomic E-state index is 0.0441. The number of nitrogen functional groups attached to an aromatic ring is 1. The van der Waals surface area contributed by atoms with E-state index in [9.17, 15) is 9.59 Å². The molecule has 6 heteroatoms. The summed E-state index contributed by atoms with van der Waals surface area (Å²) in [5, 5.41) is 8.35. The number of aryl methyl sites for hydroxylation is 1. The Labute approximate surface area is 73.4 Å². The molecule has 68 valence electrons. The summed E-state index contributed by atoms with van der Waals surface area (Å²) in [4.78, 5) is 22.5. The second kappa shape index (κ2) is 3.15. The first-order valence-electron chi connectivity index (χ1n) is 3.51. The van der Waals surface area contributed by atoms with Crippen molar-refractivity contribution in [3.05, 3.63) is 27.0 Å². The molecule has 0 spiro atoms. The number of hydrogen-bond acceptors (Lipinski definition) is 4. The van der Waals surface area contributed by atoms with Gasteiger partial charge in [-0.15, -0.1) is 0 Å². The van der Waals surface area contributed by atoms with Gasteiger partial charge in [0.25, 0.3) is 5.56 Å². The SMILES string of the molecule is Cn1cc(N)c(=O)n(CC#N)c1=O. The number of anilines is 1. The van der Waals surface area contributed by atoms with E-state index in [1.165, 1.54) is 13.2 Å². The molecule has 0 radical (unpaired) electrons. The number of nitrogens with zero attached hydrogens (tertiary/aromatic N) is 3. The molecular weight excluding hydrogens is 172 g/mol. The van der Waals surface area contributed by atoms with E-state index in [2.05, 4.69) is 0 Å². The highest BCUT2D eigenvalue weighted by Gasteiger charge is 2.05. The summed E-state index contributed by atoms with van der Waals surface area (Å²) in [7, 11) is 1.46. The van der Waals surface area contributed by atoms with Gasteiger partial charge in [-0.2, -0.15) is 5.26 Å². The molecule has 1 aromatic heterocycles. The lowest BCUT2D eigenvalue weighted by Crippen LogP contribution is -2.39. The van der Waals surface area contributed by atoms with Gasteiger partial charge in [0.05, 0.1) is 6.07 Å². The molecule has 0 fully saturated rings. The highest BCUT2D eigenvalue weighted by Crippen LogP contribution is 1.85. The van der Waals surface area contributed by atoms with Crippen molar-refractivity contribution in [2.75, 3.05) is 5.73 Å². The van der Waals surface area contributed by atoms with Gasteiger partial charge in [0.1, 0.15) is 12.2 Å². The maximum atomic E-state index is 11.3. The lowest BCUT2D eigenvalue weighted by Gasteiger charge is -2.03. The minimum Gasteiger partial charge on any atom is -0.393 e. The molecule has 1 heterocycles. The molecule has 1 aromatic rings. The predicted molar refractivity (Wildman–Crippen MR) is 46.0 cm³/mol. The number of nitrogens with two attached hydrogens (primary N) is 1. The highest BCUT2D eigenvalue weighted by molar-refractivity contribution is 5.30. The molecule has 0 aliphatic rings. The highest BCUT2D eigenvalue weighted by atomic mass is 16.2. The number of hydrogen-bond donors (Lipinski definition) is 1. The largest absolute Gasteiger partial charge is 0.393 e. The van der Waals surface area contributed by atoms with Crippen LogP contribution in [0.25, 0.3) is 0 Å². The number of rotatable bonds is 1. The summed E-state index contributed by atoms with van der Waals surface area (Å²) in [5.74, 6) is 0. The van der Waals surface area contributed by atoms with Crippen LogP contribution in [0.4, 0.5) is 5.69 Å². The Balaban J connectivity index is 3.59. The third-order valence-corrected chi connectivity index (χ3v) is 1.59. The molecule has 13 heavy (non-hydrogen) atoms. The van der Waals surface area contributed by atoms with Gasteiger partial charge in [0, 0.05) is 13.2 Å². The van der Waals surface area contributed by atoms with E-state index in [0.29, 0.717) is 0 Å². The maximum Gasteiger partial charge on any atom is 0.331 e. The third-order valence-electron chi connectivity index (χ3n) is 1.59. The third kappa shape index (κ3) is 1.44. The fourth-order valence-electron chi connectivity index (χ4n) is 0.962. The van der Waals surface area contributed by atoms with Crippen molar-refractivity contribution < 1.29 is 0 Å². The van der Waals surface area contributed by atoms with Crippen molar-refractivity contribution in [3.63, 3.8) is 0 Å². The first-order chi connectivity index (χ1) is 6.07. The van der Waals surface area contributed by atoms with E-state index in [0.717, 1.165) is 9.13 Å². The van der Waals surface area contributed by atoms with Crippen LogP contribution in [0, 0.1) is 11.3 Å². The summed E-state index contributed by atoms with van der Waals surface area (Å²) in [6, 6.07) is 1.71. The van der Waals surface area contributed by atoms with Crippen LogP contribution in [0.2, 0.25) is 0 Å². The Bertz CT molecular complexity index is 442. The second-order valence-corrected chi connectivity index (χ2v) is 2.53. The van der Waals surface area contributed by atoms with E-state index in [1.807, 2.05) is 0 Å². The molecule has 0 aliphatic carbocycles. The van der Waals surface area contributed by atoms with Gasteiger partial charge in [-0.05, 0) is 0 Å². The van der Waals surface area contributed by atoms with Gasteiger partial charge in [0.15, 0.2) is 0 Å². The zero-order chi connectivity index (χ0) is 10.0. The van der Waals surface area contributed by atoms with Gasteiger partial charge >= 0.3 is 5.69 Å². The first-order valence-corrected chi connectivity index (χ1v) is 3.51. The fourth-order valence-corrected chi connectivity index (χ4v) is 0.962. The zero-order valence-electron chi connectivity index (χ0n) is 7.02. The molecule has 6 nitrogen and oxygen atoms in total. The zero-order valence-corrected chi connectivity index (χ0v) is 7.02. The summed E-state index contributed by atoms with van der Waals surface area (Å²) in [6.45, 7) is -0.281. The Morgan fingerprint density at radius 1 is 1.62 bits per heavy atom. The summed E-state index contributed by atoms with van der Waals surface area (Å²) in [5.41, 5.74) is 4.11. The minimum atomic E-state index is -0.621. The van der Waals surface area contributed by atoms with Crippen LogP contribution in [0.3, 0.4) is 0 Å². The van der Waals surface area contributed by atoms with Gasteiger partial charge in [0.2, 0.25) is 0 Å². The van der Waals surface area contributed by atoms with Crippen LogP contribution in [0.5, 0.6) is 0 Å². The average molecular weight is 180 g/mol. The Hall–Kier alpha value is -2.03. The van der Waals surface area contributed by atoms with Crippen LogP contribution in [-0.2, 0) is 13.6 Å². The molecule has 0 aliphatic heterocycles. The maximum absolute atomic E-state index is 11.3. The van der Waals surface area contributed by atoms with E-state index in [4.69, 9.17) is 11.0 Å². The Kier molecular flexibility index (Phi) is 2.19. The van der Waals surface area contributed by atoms with Crippen LogP contribution >= 0.6 is 0 Å². The topological polar surface area (TPSA) is 93.8 Å². The van der Waals surface area contributed by atoms with Gasteiger partial charge in [-0.1, -0.05) is 0 Å². The van der Waals surface area contributed by atoms with Gasteiger partial charge < -0.3 is 10.3 Å². The molecule has 0 aromatic carbocycles. The van der Waals surface area contributed by atoms with E-state index in [-0.39, 0.29) is 12.2 Å². The lowest BCUT2D eigenvalue weighted by atomic mass is 10.5. The van der Waals surface area contributed by atoms with E-state index in [1.54, 1.807) is 6.07 Å². The van der Waals surface area contributed by atoms with Crippen molar-refractivity contribution in [1.29, 1.82) is 5.26 Å². The smallest absolute Gasteiger partial charge is 0.331 e. The molecule has 1 rings (SSSR count). The molecular formula is C7H8N4O2. The second-order valence-electron chi connectivity index (χ2n) is 2.53. The number of aromatic nitrogens is 2. The molecule has 0 atom stereocenters. The van der Waals surface area contributed by atoms with Crippen LogP contribution < -0.4 is 17.0 Å². The monoisotopic (exact) mass is 180 g/mol. The lowest BCUT2D eigenvalue weighted by molar-refractivity contribution is 0.657. The molecule has 2 N–H and O–H groups in total. The van der Waals surface area contributed by atoms with Gasteiger partial charge in [-0.3, -0.25) is 4.79 Å². The van der Waals surface area contributed by atoms with Crippen molar-refractivity contribution in [2.45, 2.75) is 6.54 Å². The summed E-state index contributed by atoms with van der Waals surface area (Å²) >= 11 is 0. The van der Waals surface area contributed by atoms with Crippen LogP contribution in [0.1, 0.15) is 0 Å². The van der Waals surface area contributed by atoms with E-state index >= 15 is 0 Å². The Morgan fingerprint density at radius 3 is 2.77 bits per heavy atom. The first kappa shape index (κ1) is 9.06. The molecule has 0 saturated carbocycles. The standard InChI is InChI=1S/C7H8N4O2/c1-10-4-5(9)6(12)11(3-2-8)7(10)13/h4H,3,9H2,1H3. The quantitative estimate of drug-likeness (QED) is 0.578. The molecule has 0 amide bonds. The normalized spacial score (nSPS) is 9.54. The van der Waals surface area contributed by atoms with Crippen molar-refractivity contribution in [1.82, 2.24) is 9.13 Å². The summed E-state index contributed by atoms with van der Waals surface area (Å²) in [6.07, 6.45) is 1.23. The van der Waals surface area contributed by atoms with Gasteiger partial charge in [-0.25, -0.2) is 9.36 Å². The van der Waals surface area contributed by atoms with Crippen LogP contribution in [0.15, 0.2) is 15.8 Å². The summed E-state index contributed by atoms with van der Waals surface area (Å²) < 4.78 is 1.95. The molecule has 0 saturated heterocycles. The Morgan fingerprint density at radius 2 is 2.23 bits per heavy atom.